The number of anilines is 1. The number of benzene rings is 1. The number of nitrogens with zero attached hydrogens (tertiary/aromatic N) is 1. The zero-order valence-electron chi connectivity index (χ0n) is 10.1. The van der Waals surface area contributed by atoms with Crippen LogP contribution in [0.5, 0.6) is 5.75 Å². The second-order valence-corrected chi connectivity index (χ2v) is 4.82. The highest BCUT2D eigenvalue weighted by Crippen LogP contribution is 2.37. The van der Waals surface area contributed by atoms with Gasteiger partial charge in [-0.25, -0.2) is 0 Å². The van der Waals surface area contributed by atoms with Crippen molar-refractivity contribution in [2.45, 2.75) is 19.3 Å². The summed E-state index contributed by atoms with van der Waals surface area (Å²) in [5.41, 5.74) is 6.94. The third kappa shape index (κ3) is 1.61. The summed E-state index contributed by atoms with van der Waals surface area (Å²) in [5.74, 6) is 6.29. The van der Waals surface area contributed by atoms with E-state index in [1.54, 1.807) is 7.11 Å². The molecule has 1 heterocycles. The molecule has 1 aliphatic carbocycles. The first kappa shape index (κ1) is 11.6. The van der Waals surface area contributed by atoms with E-state index in [1.165, 1.54) is 5.56 Å². The molecule has 0 amide bonds. The van der Waals surface area contributed by atoms with E-state index < -0.39 is 0 Å². The number of ether oxygens (including phenoxy) is 1. The Hall–Kier alpha value is -1.52. The summed E-state index contributed by atoms with van der Waals surface area (Å²) in [5, 5.41) is 1.52. The average Bonchev–Trinajstić information content (AvgIpc) is 2.83. The molecule has 0 saturated heterocycles. The second-order valence-electron chi connectivity index (χ2n) is 4.41. The predicted molar refractivity (Wildman–Crippen MR) is 73.1 cm³/mol. The highest BCUT2D eigenvalue weighted by molar-refractivity contribution is 6.33. The van der Waals surface area contributed by atoms with Crippen LogP contribution in [0.3, 0.4) is 0 Å². The van der Waals surface area contributed by atoms with Crippen molar-refractivity contribution in [1.82, 2.24) is 4.98 Å². The predicted octanol–water partition coefficient (Wildman–Crippen LogP) is 2.67. The normalized spacial score (nSPS) is 13.7. The Morgan fingerprint density at radius 2 is 2.22 bits per heavy atom. The van der Waals surface area contributed by atoms with Gasteiger partial charge < -0.3 is 10.2 Å². The lowest BCUT2D eigenvalue weighted by Gasteiger charge is -2.13. The average molecular weight is 264 g/mol. The van der Waals surface area contributed by atoms with Crippen molar-refractivity contribution < 1.29 is 4.74 Å². The van der Waals surface area contributed by atoms with Crippen LogP contribution in [-0.4, -0.2) is 12.1 Å². The lowest BCUT2D eigenvalue weighted by Crippen LogP contribution is -2.10. The van der Waals surface area contributed by atoms with Crippen molar-refractivity contribution in [3.63, 3.8) is 0 Å². The zero-order valence-corrected chi connectivity index (χ0v) is 10.8. The highest BCUT2D eigenvalue weighted by Gasteiger charge is 2.20. The number of nitrogens with two attached hydrogens (primary N) is 1. The summed E-state index contributed by atoms with van der Waals surface area (Å²) in [4.78, 5) is 4.68. The number of aryl methyl sites for hydroxylation is 1. The zero-order chi connectivity index (χ0) is 12.7. The van der Waals surface area contributed by atoms with Crippen molar-refractivity contribution in [3.8, 4) is 5.75 Å². The van der Waals surface area contributed by atoms with Crippen LogP contribution < -0.4 is 16.0 Å². The maximum absolute atomic E-state index is 6.16. The van der Waals surface area contributed by atoms with E-state index in [2.05, 4.69) is 10.4 Å². The molecule has 3 rings (SSSR count). The summed E-state index contributed by atoms with van der Waals surface area (Å²) in [6.07, 6.45) is 3.14. The Morgan fingerprint density at radius 3 is 2.94 bits per heavy atom. The molecule has 4 nitrogen and oxygen atoms in total. The van der Waals surface area contributed by atoms with Crippen LogP contribution in [0, 0.1) is 0 Å². The smallest absolute Gasteiger partial charge is 0.139 e. The first-order valence-electron chi connectivity index (χ1n) is 5.90. The van der Waals surface area contributed by atoms with E-state index in [-0.39, 0.29) is 0 Å². The third-order valence-corrected chi connectivity index (χ3v) is 3.73. The number of hydrogen-bond donors (Lipinski definition) is 2. The van der Waals surface area contributed by atoms with Gasteiger partial charge in [0.2, 0.25) is 0 Å². The minimum atomic E-state index is 0.571. The molecule has 1 aliphatic rings. The van der Waals surface area contributed by atoms with E-state index in [0.717, 1.165) is 41.5 Å². The van der Waals surface area contributed by atoms with Gasteiger partial charge in [0.05, 0.1) is 23.3 Å². The Labute approximate surface area is 110 Å². The SMILES string of the molecule is COc1cc2nc3c(c(NN)c2cc1Cl)CCC3. The second kappa shape index (κ2) is 4.30. The van der Waals surface area contributed by atoms with Crippen LogP contribution in [0.1, 0.15) is 17.7 Å². The molecule has 94 valence electrons. The Kier molecular flexibility index (Phi) is 2.76. The van der Waals surface area contributed by atoms with Gasteiger partial charge in [0.1, 0.15) is 5.75 Å². The number of pyridine rings is 1. The molecule has 0 saturated carbocycles. The van der Waals surface area contributed by atoms with Crippen LogP contribution in [-0.2, 0) is 12.8 Å². The van der Waals surface area contributed by atoms with Crippen molar-refractivity contribution in [2.24, 2.45) is 5.84 Å². The maximum Gasteiger partial charge on any atom is 0.139 e. The van der Waals surface area contributed by atoms with Gasteiger partial charge in [0.25, 0.3) is 0 Å². The van der Waals surface area contributed by atoms with Crippen LogP contribution in [0.4, 0.5) is 5.69 Å². The molecule has 18 heavy (non-hydrogen) atoms. The monoisotopic (exact) mass is 263 g/mol. The number of hydrogen-bond acceptors (Lipinski definition) is 4. The summed E-state index contributed by atoms with van der Waals surface area (Å²) in [6.45, 7) is 0. The number of rotatable bonds is 2. The van der Waals surface area contributed by atoms with Crippen molar-refractivity contribution >= 4 is 28.2 Å². The standard InChI is InChI=1S/C13H14ClN3O/c1-18-12-6-11-8(5-9(12)14)13(17-15)7-3-2-4-10(7)16-11/h5-6H,2-4,15H2,1H3,(H,16,17). The number of nitrogens with one attached hydrogen (secondary N) is 1. The lowest BCUT2D eigenvalue weighted by molar-refractivity contribution is 0.415. The third-order valence-electron chi connectivity index (χ3n) is 3.43. The van der Waals surface area contributed by atoms with E-state index in [1.807, 2.05) is 12.1 Å². The fraction of sp³-hybridized carbons (Fsp3) is 0.308. The molecule has 0 spiro atoms. The molecule has 0 aliphatic heterocycles. The van der Waals surface area contributed by atoms with E-state index >= 15 is 0 Å². The van der Waals surface area contributed by atoms with Gasteiger partial charge in [0, 0.05) is 17.1 Å². The molecule has 2 aromatic rings. The van der Waals surface area contributed by atoms with Crippen LogP contribution in [0.25, 0.3) is 10.9 Å². The molecule has 5 heteroatoms. The van der Waals surface area contributed by atoms with Crippen molar-refractivity contribution in [3.05, 3.63) is 28.4 Å². The van der Waals surface area contributed by atoms with E-state index in [9.17, 15) is 0 Å². The first-order chi connectivity index (χ1) is 8.74. The number of fused-ring (bicyclic) bond motifs is 2. The molecule has 3 N–H and O–H groups in total. The quantitative estimate of drug-likeness (QED) is 0.646. The molecule has 0 fully saturated rings. The number of hydrazine groups is 1. The first-order valence-corrected chi connectivity index (χ1v) is 6.28. The Balaban J connectivity index is 2.36. The fourth-order valence-electron chi connectivity index (χ4n) is 2.59. The van der Waals surface area contributed by atoms with Gasteiger partial charge in [0.15, 0.2) is 0 Å². The number of nitrogen functional groups attached to an aromatic ring is 1. The van der Waals surface area contributed by atoms with E-state index in [4.69, 9.17) is 22.2 Å². The molecule has 0 radical (unpaired) electrons. The van der Waals surface area contributed by atoms with Crippen molar-refractivity contribution in [1.29, 1.82) is 0 Å². The van der Waals surface area contributed by atoms with Crippen LogP contribution in [0.2, 0.25) is 5.02 Å². The van der Waals surface area contributed by atoms with Crippen LogP contribution >= 0.6 is 11.6 Å². The van der Waals surface area contributed by atoms with Crippen molar-refractivity contribution in [2.75, 3.05) is 12.5 Å². The highest BCUT2D eigenvalue weighted by atomic mass is 35.5. The Bertz CT molecular complexity index is 622. The lowest BCUT2D eigenvalue weighted by atomic mass is 10.1. The molecule has 0 unspecified atom stereocenters. The van der Waals surface area contributed by atoms with Gasteiger partial charge >= 0.3 is 0 Å². The van der Waals surface area contributed by atoms with Gasteiger partial charge in [-0.05, 0) is 30.9 Å². The number of methoxy groups -OCH3 is 1. The number of aromatic nitrogens is 1. The van der Waals surface area contributed by atoms with Crippen LogP contribution in [0.15, 0.2) is 12.1 Å². The Morgan fingerprint density at radius 1 is 1.39 bits per heavy atom. The molecule has 0 atom stereocenters. The number of halogens is 1. The minimum Gasteiger partial charge on any atom is -0.495 e. The van der Waals surface area contributed by atoms with Gasteiger partial charge in [-0.1, -0.05) is 11.6 Å². The minimum absolute atomic E-state index is 0.571. The molecule has 0 bridgehead atoms. The summed E-state index contributed by atoms with van der Waals surface area (Å²) < 4.78 is 5.22. The summed E-state index contributed by atoms with van der Waals surface area (Å²) in [7, 11) is 1.60. The van der Waals surface area contributed by atoms with E-state index in [0.29, 0.717) is 10.8 Å². The molecular formula is C13H14ClN3O. The largest absolute Gasteiger partial charge is 0.495 e. The molecular weight excluding hydrogens is 250 g/mol. The fourth-order valence-corrected chi connectivity index (χ4v) is 2.83. The van der Waals surface area contributed by atoms with Gasteiger partial charge in [-0.2, -0.15) is 0 Å². The molecule has 1 aromatic carbocycles. The topological polar surface area (TPSA) is 60.2 Å². The summed E-state index contributed by atoms with van der Waals surface area (Å²) >= 11 is 6.16. The summed E-state index contributed by atoms with van der Waals surface area (Å²) in [6, 6.07) is 3.72. The molecule has 1 aromatic heterocycles. The van der Waals surface area contributed by atoms with Gasteiger partial charge in [-0.15, -0.1) is 0 Å². The van der Waals surface area contributed by atoms with Gasteiger partial charge in [-0.3, -0.25) is 10.8 Å². The maximum atomic E-state index is 6.16.